The minimum absolute atomic E-state index is 0.264. The van der Waals surface area contributed by atoms with Gasteiger partial charge in [0.2, 0.25) is 0 Å². The molecule has 0 unspecified atom stereocenters. The van der Waals surface area contributed by atoms with Gasteiger partial charge in [-0.25, -0.2) is 13.8 Å². The van der Waals surface area contributed by atoms with Gasteiger partial charge in [-0.2, -0.15) is 0 Å². The van der Waals surface area contributed by atoms with Gasteiger partial charge < -0.3 is 10.3 Å². The lowest BCUT2D eigenvalue weighted by Crippen LogP contribution is -2.17. The molecule has 1 aromatic carbocycles. The second-order valence-electron chi connectivity index (χ2n) is 4.94. The second-order valence-corrected chi connectivity index (χ2v) is 4.94. The molecule has 0 saturated carbocycles. The number of nitrogens with one attached hydrogen (secondary N) is 1. The third-order valence-electron chi connectivity index (χ3n) is 3.66. The first kappa shape index (κ1) is 13.1. The molecule has 0 spiro atoms. The van der Waals surface area contributed by atoms with Crippen molar-refractivity contribution in [3.05, 3.63) is 30.0 Å². The first-order valence-electron chi connectivity index (χ1n) is 6.63. The van der Waals surface area contributed by atoms with E-state index in [1.54, 1.807) is 6.07 Å². The summed E-state index contributed by atoms with van der Waals surface area (Å²) in [6.45, 7) is 2.05. The Labute approximate surface area is 115 Å². The number of nitrogen functional groups attached to an aromatic ring is 1. The van der Waals surface area contributed by atoms with Crippen LogP contribution in [0.1, 0.15) is 25.0 Å². The fourth-order valence-electron chi connectivity index (χ4n) is 2.64. The number of aromatic nitrogens is 1. The average Bonchev–Trinajstić information content (AvgIpc) is 2.99. The van der Waals surface area contributed by atoms with Crippen molar-refractivity contribution in [2.75, 3.05) is 23.4 Å². The third-order valence-corrected chi connectivity index (χ3v) is 3.66. The molecule has 1 aromatic heterocycles. The van der Waals surface area contributed by atoms with E-state index in [1.165, 1.54) is 18.9 Å². The first-order valence-corrected chi connectivity index (χ1v) is 6.63. The van der Waals surface area contributed by atoms with Gasteiger partial charge >= 0.3 is 0 Å². The van der Waals surface area contributed by atoms with Crippen molar-refractivity contribution in [2.24, 2.45) is 5.84 Å². The van der Waals surface area contributed by atoms with Crippen LogP contribution in [0.2, 0.25) is 0 Å². The average molecular weight is 278 g/mol. The molecular weight excluding hydrogens is 262 g/mol. The number of benzene rings is 1. The standard InChI is InChI=1S/C14H16F2N4/c15-14(16)13-8-12(19-17)10-7-9(3-4-11(10)18-13)20-5-1-2-6-20/h3-4,7-8,14H,1-2,5-6,17H2,(H,18,19). The fourth-order valence-corrected chi connectivity index (χ4v) is 2.64. The lowest BCUT2D eigenvalue weighted by atomic mass is 10.1. The van der Waals surface area contributed by atoms with Crippen LogP contribution in [0.4, 0.5) is 20.2 Å². The summed E-state index contributed by atoms with van der Waals surface area (Å²) in [5.74, 6) is 5.45. The SMILES string of the molecule is NNc1cc(C(F)F)nc2ccc(N3CCCC3)cc12. The minimum atomic E-state index is -2.61. The number of nitrogens with two attached hydrogens (primary N) is 1. The predicted molar refractivity (Wildman–Crippen MR) is 76.0 cm³/mol. The normalized spacial score (nSPS) is 15.3. The molecule has 3 rings (SSSR count). The molecule has 20 heavy (non-hydrogen) atoms. The van der Waals surface area contributed by atoms with Crippen molar-refractivity contribution in [1.82, 2.24) is 4.98 Å². The van der Waals surface area contributed by atoms with Crippen LogP contribution in [-0.4, -0.2) is 18.1 Å². The maximum Gasteiger partial charge on any atom is 0.280 e. The van der Waals surface area contributed by atoms with Crippen LogP contribution in [0, 0.1) is 0 Å². The highest BCUT2D eigenvalue weighted by atomic mass is 19.3. The summed E-state index contributed by atoms with van der Waals surface area (Å²) in [5, 5.41) is 0.765. The quantitative estimate of drug-likeness (QED) is 0.669. The Balaban J connectivity index is 2.10. The van der Waals surface area contributed by atoms with E-state index in [0.717, 1.165) is 24.2 Å². The third kappa shape index (κ3) is 2.27. The lowest BCUT2D eigenvalue weighted by Gasteiger charge is -2.19. The van der Waals surface area contributed by atoms with Crippen molar-refractivity contribution in [1.29, 1.82) is 0 Å². The van der Waals surface area contributed by atoms with E-state index in [1.807, 2.05) is 12.1 Å². The highest BCUT2D eigenvalue weighted by Gasteiger charge is 2.16. The zero-order valence-corrected chi connectivity index (χ0v) is 10.9. The number of halogens is 2. The number of fused-ring (bicyclic) bond motifs is 1. The number of pyridine rings is 1. The molecule has 1 saturated heterocycles. The number of hydrazine groups is 1. The molecule has 0 bridgehead atoms. The van der Waals surface area contributed by atoms with E-state index in [9.17, 15) is 8.78 Å². The number of nitrogens with zero attached hydrogens (tertiary/aromatic N) is 2. The van der Waals surface area contributed by atoms with Gasteiger partial charge in [0.15, 0.2) is 0 Å². The van der Waals surface area contributed by atoms with Crippen LogP contribution in [0.5, 0.6) is 0 Å². The van der Waals surface area contributed by atoms with Gasteiger partial charge in [0, 0.05) is 24.2 Å². The Morgan fingerprint density at radius 2 is 1.95 bits per heavy atom. The largest absolute Gasteiger partial charge is 0.372 e. The van der Waals surface area contributed by atoms with Crippen LogP contribution in [-0.2, 0) is 0 Å². The van der Waals surface area contributed by atoms with E-state index in [-0.39, 0.29) is 5.69 Å². The zero-order chi connectivity index (χ0) is 14.1. The van der Waals surface area contributed by atoms with Crippen molar-refractivity contribution < 1.29 is 8.78 Å². The zero-order valence-electron chi connectivity index (χ0n) is 10.9. The highest BCUT2D eigenvalue weighted by Crippen LogP contribution is 2.31. The van der Waals surface area contributed by atoms with Gasteiger partial charge in [-0.05, 0) is 37.1 Å². The van der Waals surface area contributed by atoms with Gasteiger partial charge in [-0.3, -0.25) is 5.84 Å². The Morgan fingerprint density at radius 1 is 1.20 bits per heavy atom. The van der Waals surface area contributed by atoms with E-state index < -0.39 is 6.43 Å². The van der Waals surface area contributed by atoms with Gasteiger partial charge in [0.05, 0.1) is 11.2 Å². The summed E-state index contributed by atoms with van der Waals surface area (Å²) in [4.78, 5) is 6.27. The van der Waals surface area contributed by atoms with Gasteiger partial charge in [-0.1, -0.05) is 0 Å². The van der Waals surface area contributed by atoms with E-state index in [4.69, 9.17) is 5.84 Å². The summed E-state index contributed by atoms with van der Waals surface area (Å²) < 4.78 is 25.6. The predicted octanol–water partition coefficient (Wildman–Crippen LogP) is 3.06. The Hall–Kier alpha value is -1.95. The van der Waals surface area contributed by atoms with Crippen LogP contribution in [0.3, 0.4) is 0 Å². The van der Waals surface area contributed by atoms with Crippen molar-refractivity contribution in [3.8, 4) is 0 Å². The number of hydrogen-bond donors (Lipinski definition) is 2. The topological polar surface area (TPSA) is 54.2 Å². The Morgan fingerprint density at radius 3 is 2.60 bits per heavy atom. The monoisotopic (exact) mass is 278 g/mol. The number of hydrogen-bond acceptors (Lipinski definition) is 4. The van der Waals surface area contributed by atoms with E-state index in [0.29, 0.717) is 11.2 Å². The summed E-state index contributed by atoms with van der Waals surface area (Å²) >= 11 is 0. The van der Waals surface area contributed by atoms with Crippen LogP contribution < -0.4 is 16.2 Å². The van der Waals surface area contributed by atoms with E-state index >= 15 is 0 Å². The maximum atomic E-state index is 12.8. The van der Waals surface area contributed by atoms with Gasteiger partial charge in [-0.15, -0.1) is 0 Å². The van der Waals surface area contributed by atoms with Crippen molar-refractivity contribution in [2.45, 2.75) is 19.3 Å². The molecule has 2 heterocycles. The minimum Gasteiger partial charge on any atom is -0.372 e. The van der Waals surface area contributed by atoms with Gasteiger partial charge in [0.1, 0.15) is 5.69 Å². The lowest BCUT2D eigenvalue weighted by molar-refractivity contribution is 0.146. The molecule has 0 atom stereocenters. The molecule has 6 heteroatoms. The molecule has 1 aliphatic rings. The van der Waals surface area contributed by atoms with Crippen LogP contribution in [0.25, 0.3) is 10.9 Å². The summed E-state index contributed by atoms with van der Waals surface area (Å²) in [6.07, 6.45) is -0.240. The molecule has 1 aliphatic heterocycles. The molecule has 0 aliphatic carbocycles. The molecular formula is C14H16F2N4. The fraction of sp³-hybridized carbons (Fsp3) is 0.357. The summed E-state index contributed by atoms with van der Waals surface area (Å²) in [5.41, 5.74) is 4.31. The summed E-state index contributed by atoms with van der Waals surface area (Å²) in [6, 6.07) is 6.96. The van der Waals surface area contributed by atoms with Crippen LogP contribution in [0.15, 0.2) is 24.3 Å². The molecule has 106 valence electrons. The number of anilines is 2. The number of alkyl halides is 2. The second kappa shape index (κ2) is 5.20. The Kier molecular flexibility index (Phi) is 3.40. The van der Waals surface area contributed by atoms with Crippen molar-refractivity contribution in [3.63, 3.8) is 0 Å². The molecule has 4 nitrogen and oxygen atoms in total. The number of rotatable bonds is 3. The molecule has 2 aromatic rings. The highest BCUT2D eigenvalue weighted by molar-refractivity contribution is 5.93. The molecule has 1 fully saturated rings. The van der Waals surface area contributed by atoms with E-state index in [2.05, 4.69) is 15.3 Å². The first-order chi connectivity index (χ1) is 9.69. The van der Waals surface area contributed by atoms with Crippen molar-refractivity contribution >= 4 is 22.3 Å². The van der Waals surface area contributed by atoms with Crippen LogP contribution >= 0.6 is 0 Å². The molecule has 0 radical (unpaired) electrons. The summed E-state index contributed by atoms with van der Waals surface area (Å²) in [7, 11) is 0. The Bertz CT molecular complexity index is 624. The smallest absolute Gasteiger partial charge is 0.280 e. The molecule has 0 amide bonds. The van der Waals surface area contributed by atoms with Gasteiger partial charge in [0.25, 0.3) is 6.43 Å². The maximum absolute atomic E-state index is 12.8. The molecule has 3 N–H and O–H groups in total.